The highest BCUT2D eigenvalue weighted by Crippen LogP contribution is 2.19. The lowest BCUT2D eigenvalue weighted by molar-refractivity contribution is 0.808. The van der Waals surface area contributed by atoms with Crippen LogP contribution >= 0.6 is 12.6 Å². The Morgan fingerprint density at radius 1 is 1.14 bits per heavy atom. The zero-order valence-corrected chi connectivity index (χ0v) is 9.06. The summed E-state index contributed by atoms with van der Waals surface area (Å²) in [6.45, 7) is 0. The molecule has 0 bridgehead atoms. The number of rotatable bonds is 4. The Balaban J connectivity index is 2.17. The first kappa shape index (κ1) is 9.66. The molecule has 0 amide bonds. The van der Waals surface area contributed by atoms with Gasteiger partial charge >= 0.3 is 0 Å². The van der Waals surface area contributed by atoms with Gasteiger partial charge in [-0.3, -0.25) is 0 Å². The molecule has 2 aromatic rings. The van der Waals surface area contributed by atoms with Crippen molar-refractivity contribution in [3.63, 3.8) is 0 Å². The first-order chi connectivity index (χ1) is 6.92. The molecule has 0 atom stereocenters. The molecule has 74 valence electrons. The fraction of sp³-hybridized carbons (Fsp3) is 0.333. The fourth-order valence-corrected chi connectivity index (χ4v) is 1.99. The van der Waals surface area contributed by atoms with E-state index < -0.39 is 0 Å². The van der Waals surface area contributed by atoms with Crippen molar-refractivity contribution in [2.75, 3.05) is 5.75 Å². The van der Waals surface area contributed by atoms with Crippen LogP contribution in [-0.2, 0) is 6.42 Å². The van der Waals surface area contributed by atoms with Gasteiger partial charge in [0.1, 0.15) is 0 Å². The van der Waals surface area contributed by atoms with Gasteiger partial charge in [0, 0.05) is 17.1 Å². The van der Waals surface area contributed by atoms with Crippen LogP contribution in [0.4, 0.5) is 0 Å². The van der Waals surface area contributed by atoms with Crippen molar-refractivity contribution in [3.8, 4) is 0 Å². The normalized spacial score (nSPS) is 10.9. The van der Waals surface area contributed by atoms with Gasteiger partial charge in [0.2, 0.25) is 0 Å². The van der Waals surface area contributed by atoms with Gasteiger partial charge < -0.3 is 4.98 Å². The van der Waals surface area contributed by atoms with Crippen molar-refractivity contribution in [1.29, 1.82) is 0 Å². The van der Waals surface area contributed by atoms with Crippen LogP contribution in [-0.4, -0.2) is 10.7 Å². The minimum Gasteiger partial charge on any atom is -0.361 e. The third-order valence-electron chi connectivity index (χ3n) is 2.53. The van der Waals surface area contributed by atoms with E-state index in [9.17, 15) is 0 Å². The first-order valence-electron chi connectivity index (χ1n) is 5.07. The third kappa shape index (κ3) is 1.95. The Bertz CT molecular complexity index is 405. The second-order valence-electron chi connectivity index (χ2n) is 3.54. The third-order valence-corrected chi connectivity index (χ3v) is 2.85. The monoisotopic (exact) mass is 205 g/mol. The molecule has 1 N–H and O–H groups in total. The predicted molar refractivity (Wildman–Crippen MR) is 65.1 cm³/mol. The lowest BCUT2D eigenvalue weighted by atomic mass is 10.1. The van der Waals surface area contributed by atoms with Crippen LogP contribution < -0.4 is 0 Å². The summed E-state index contributed by atoms with van der Waals surface area (Å²) in [7, 11) is 0. The maximum absolute atomic E-state index is 4.22. The Labute approximate surface area is 89.9 Å². The first-order valence-corrected chi connectivity index (χ1v) is 5.71. The maximum atomic E-state index is 4.22. The number of benzene rings is 1. The quantitative estimate of drug-likeness (QED) is 0.562. The number of thiol groups is 1. The van der Waals surface area contributed by atoms with Crippen molar-refractivity contribution in [1.82, 2.24) is 4.98 Å². The Morgan fingerprint density at radius 3 is 2.86 bits per heavy atom. The molecule has 2 heteroatoms. The largest absolute Gasteiger partial charge is 0.361 e. The van der Waals surface area contributed by atoms with Crippen molar-refractivity contribution >= 4 is 23.5 Å². The van der Waals surface area contributed by atoms with E-state index in [1.54, 1.807) is 0 Å². The molecular weight excluding hydrogens is 190 g/mol. The van der Waals surface area contributed by atoms with Crippen LogP contribution in [0.25, 0.3) is 10.9 Å². The maximum Gasteiger partial charge on any atom is 0.0456 e. The van der Waals surface area contributed by atoms with Crippen LogP contribution in [0.3, 0.4) is 0 Å². The Hall–Kier alpha value is -0.890. The van der Waals surface area contributed by atoms with Crippen molar-refractivity contribution < 1.29 is 0 Å². The average Bonchev–Trinajstić information content (AvgIpc) is 2.63. The molecule has 0 saturated heterocycles. The standard InChI is InChI=1S/C12H15NS/c14-8-4-3-5-10-9-13-12-7-2-1-6-11(10)12/h1-2,6-7,9,13-14H,3-5,8H2. The molecule has 0 saturated carbocycles. The lowest BCUT2D eigenvalue weighted by Crippen LogP contribution is -1.84. The van der Waals surface area contributed by atoms with Gasteiger partial charge in [0.05, 0.1) is 0 Å². The molecule has 0 spiro atoms. The second-order valence-corrected chi connectivity index (χ2v) is 3.99. The van der Waals surface area contributed by atoms with Crippen LogP contribution in [0.15, 0.2) is 30.5 Å². The van der Waals surface area contributed by atoms with Gasteiger partial charge in [-0.1, -0.05) is 18.2 Å². The molecule has 0 radical (unpaired) electrons. The smallest absolute Gasteiger partial charge is 0.0456 e. The second kappa shape index (κ2) is 4.56. The highest BCUT2D eigenvalue weighted by Gasteiger charge is 2.01. The minimum absolute atomic E-state index is 0.988. The summed E-state index contributed by atoms with van der Waals surface area (Å²) < 4.78 is 0. The fourth-order valence-electron chi connectivity index (χ4n) is 1.77. The van der Waals surface area contributed by atoms with Crippen molar-refractivity contribution in [3.05, 3.63) is 36.0 Å². The molecule has 1 aromatic carbocycles. The van der Waals surface area contributed by atoms with E-state index in [1.165, 1.54) is 29.3 Å². The summed E-state index contributed by atoms with van der Waals surface area (Å²) >= 11 is 4.22. The summed E-state index contributed by atoms with van der Waals surface area (Å²) in [6.07, 6.45) is 5.71. The highest BCUT2D eigenvalue weighted by molar-refractivity contribution is 7.80. The van der Waals surface area contributed by atoms with Crippen molar-refractivity contribution in [2.45, 2.75) is 19.3 Å². The summed E-state index contributed by atoms with van der Waals surface area (Å²) in [5.74, 6) is 0.988. The van der Waals surface area contributed by atoms with Gasteiger partial charge in [-0.15, -0.1) is 0 Å². The van der Waals surface area contributed by atoms with Gasteiger partial charge in [0.15, 0.2) is 0 Å². The number of aromatic nitrogens is 1. The van der Waals surface area contributed by atoms with E-state index in [1.807, 2.05) is 0 Å². The SMILES string of the molecule is SCCCCc1c[nH]c2ccccc12. The van der Waals surface area contributed by atoms with Crippen LogP contribution in [0, 0.1) is 0 Å². The number of hydrogen-bond donors (Lipinski definition) is 2. The van der Waals surface area contributed by atoms with Gasteiger partial charge in [-0.05, 0) is 36.6 Å². The van der Waals surface area contributed by atoms with Gasteiger partial charge in [-0.25, -0.2) is 0 Å². The van der Waals surface area contributed by atoms with Crippen LogP contribution in [0.2, 0.25) is 0 Å². The summed E-state index contributed by atoms with van der Waals surface area (Å²) in [5, 5.41) is 1.37. The number of aryl methyl sites for hydroxylation is 1. The number of fused-ring (bicyclic) bond motifs is 1. The molecule has 0 aliphatic heterocycles. The molecule has 1 nitrogen and oxygen atoms in total. The Kier molecular flexibility index (Phi) is 3.14. The number of H-pyrrole nitrogens is 1. The molecule has 0 aliphatic carbocycles. The number of hydrogen-bond acceptors (Lipinski definition) is 1. The van der Waals surface area contributed by atoms with Crippen LogP contribution in [0.1, 0.15) is 18.4 Å². The minimum atomic E-state index is 0.988. The van der Waals surface area contributed by atoms with Gasteiger partial charge in [-0.2, -0.15) is 12.6 Å². The molecule has 2 rings (SSSR count). The lowest BCUT2D eigenvalue weighted by Gasteiger charge is -1.97. The number of nitrogens with one attached hydrogen (secondary N) is 1. The van der Waals surface area contributed by atoms with Crippen LogP contribution in [0.5, 0.6) is 0 Å². The summed E-state index contributed by atoms with van der Waals surface area (Å²) in [5.41, 5.74) is 2.68. The molecule has 1 aromatic heterocycles. The zero-order valence-electron chi connectivity index (χ0n) is 8.16. The number of aromatic amines is 1. The average molecular weight is 205 g/mol. The highest BCUT2D eigenvalue weighted by atomic mass is 32.1. The summed E-state index contributed by atoms with van der Waals surface area (Å²) in [4.78, 5) is 3.30. The van der Waals surface area contributed by atoms with Gasteiger partial charge in [0.25, 0.3) is 0 Å². The van der Waals surface area contributed by atoms with E-state index in [0.29, 0.717) is 0 Å². The molecule has 0 aliphatic rings. The summed E-state index contributed by atoms with van der Waals surface area (Å²) in [6, 6.07) is 8.47. The molecule has 1 heterocycles. The van der Waals surface area contributed by atoms with Crippen molar-refractivity contribution in [2.24, 2.45) is 0 Å². The molecule has 14 heavy (non-hydrogen) atoms. The zero-order chi connectivity index (χ0) is 9.80. The predicted octanol–water partition coefficient (Wildman–Crippen LogP) is 3.42. The van der Waals surface area contributed by atoms with E-state index in [0.717, 1.165) is 12.2 Å². The number of unbranched alkanes of at least 4 members (excludes halogenated alkanes) is 1. The van der Waals surface area contributed by atoms with E-state index in [4.69, 9.17) is 0 Å². The Morgan fingerprint density at radius 2 is 2.00 bits per heavy atom. The van der Waals surface area contributed by atoms with E-state index in [2.05, 4.69) is 48.1 Å². The molecular formula is C12H15NS. The topological polar surface area (TPSA) is 15.8 Å². The number of para-hydroxylation sites is 1. The van der Waals surface area contributed by atoms with E-state index in [-0.39, 0.29) is 0 Å². The molecule has 0 unspecified atom stereocenters. The molecule has 0 fully saturated rings. The van der Waals surface area contributed by atoms with E-state index >= 15 is 0 Å².